The van der Waals surface area contributed by atoms with Crippen LogP contribution in [-0.4, -0.2) is 51.8 Å². The van der Waals surface area contributed by atoms with E-state index in [0.29, 0.717) is 26.4 Å². The number of epoxide rings is 2. The lowest BCUT2D eigenvalue weighted by Gasteiger charge is -2.33. The number of hydrogen-bond acceptors (Lipinski definition) is 4. The fourth-order valence-electron chi connectivity index (χ4n) is 11.7. The maximum Gasteiger partial charge on any atom is 0.104 e. The van der Waals surface area contributed by atoms with E-state index < -0.39 is 5.41 Å². The molecule has 4 heteroatoms. The van der Waals surface area contributed by atoms with Crippen LogP contribution >= 0.6 is 0 Å². The lowest BCUT2D eigenvalue weighted by atomic mass is 9.74. The maximum atomic E-state index is 6.83. The van der Waals surface area contributed by atoms with Gasteiger partial charge in [-0.1, -0.05) is 163 Å². The molecule has 0 radical (unpaired) electrons. The zero-order valence-electron chi connectivity index (χ0n) is 39.6. The van der Waals surface area contributed by atoms with Gasteiger partial charge < -0.3 is 18.9 Å². The Hall–Kier alpha value is -5.88. The summed E-state index contributed by atoms with van der Waals surface area (Å²) >= 11 is 0. The van der Waals surface area contributed by atoms with Crippen molar-refractivity contribution in [2.24, 2.45) is 0 Å². The van der Waals surface area contributed by atoms with Crippen molar-refractivity contribution in [1.29, 1.82) is 0 Å². The van der Waals surface area contributed by atoms with Crippen LogP contribution < -0.4 is 0 Å². The number of rotatable bonds is 12. The fourth-order valence-corrected chi connectivity index (χ4v) is 11.7. The molecule has 2 atom stereocenters. The zero-order chi connectivity index (χ0) is 45.4. The first-order valence-electron chi connectivity index (χ1n) is 24.5. The molecular formula is C63H58O4. The maximum absolute atomic E-state index is 6.83. The number of benzene rings is 10. The topological polar surface area (TPSA) is 43.5 Å². The molecule has 0 spiro atoms. The van der Waals surface area contributed by atoms with E-state index in [1.165, 1.54) is 120 Å². The molecular weight excluding hydrogens is 821 g/mol. The molecule has 1 aliphatic carbocycles. The summed E-state index contributed by atoms with van der Waals surface area (Å²) in [5.74, 6) is 0. The van der Waals surface area contributed by atoms with E-state index >= 15 is 0 Å². The van der Waals surface area contributed by atoms with Gasteiger partial charge in [-0.15, -0.1) is 0 Å². The monoisotopic (exact) mass is 878 g/mol. The van der Waals surface area contributed by atoms with E-state index in [2.05, 4.69) is 175 Å². The first kappa shape index (κ1) is 41.3. The van der Waals surface area contributed by atoms with Crippen LogP contribution in [0.25, 0.3) is 98.0 Å². The second kappa shape index (κ2) is 15.1. The summed E-state index contributed by atoms with van der Waals surface area (Å²) < 4.78 is 24.3. The average molecular weight is 879 g/mol. The predicted octanol–water partition coefficient (Wildman–Crippen LogP) is 15.3. The Morgan fingerprint density at radius 3 is 1.31 bits per heavy atom. The molecule has 0 aromatic heterocycles. The third-order valence-corrected chi connectivity index (χ3v) is 15.6. The van der Waals surface area contributed by atoms with Crippen LogP contribution in [-0.2, 0) is 35.2 Å². The highest BCUT2D eigenvalue weighted by Gasteiger charge is 2.44. The standard InChI is InChI=1S/C63H58O4/c1-61(2,3)45-26-41-10-8-37-12-18-49(53-22-16-43(28-45)57(41)59(37)53)39-14-20-51-52-21-15-40(31-56(52)63(55(51)30-39,36-65-33-48-35-67-48)24-7-25-64-32-47-34-66-47)50-19-13-38-9-11-42-27-46(62(4,5)6)29-44-17-23-54(50)60(38)58(42)44/h8-23,26-31,47-48H,7,24-25,32-36H2,1-6H3. The fraction of sp³-hybridized carbons (Fsp3) is 0.302. The van der Waals surface area contributed by atoms with Gasteiger partial charge in [-0.25, -0.2) is 0 Å². The minimum atomic E-state index is -0.411. The summed E-state index contributed by atoms with van der Waals surface area (Å²) in [4.78, 5) is 0. The van der Waals surface area contributed by atoms with Crippen LogP contribution in [0.3, 0.4) is 0 Å². The molecule has 0 N–H and O–H groups in total. The summed E-state index contributed by atoms with van der Waals surface area (Å²) in [6.45, 7) is 17.9. The third kappa shape index (κ3) is 6.86. The van der Waals surface area contributed by atoms with Gasteiger partial charge in [0.05, 0.1) is 33.0 Å². The van der Waals surface area contributed by atoms with Crippen molar-refractivity contribution in [2.75, 3.05) is 39.6 Å². The Balaban J connectivity index is 0.970. The second-order valence-electron chi connectivity index (χ2n) is 22.1. The summed E-state index contributed by atoms with van der Waals surface area (Å²) in [6, 6.07) is 52.2. The first-order valence-corrected chi connectivity index (χ1v) is 24.5. The Morgan fingerprint density at radius 1 is 0.463 bits per heavy atom. The van der Waals surface area contributed by atoms with Gasteiger partial charge in [0.15, 0.2) is 0 Å². The van der Waals surface area contributed by atoms with E-state index in [-0.39, 0.29) is 23.0 Å². The first-order chi connectivity index (χ1) is 32.4. The van der Waals surface area contributed by atoms with Gasteiger partial charge in [-0.2, -0.15) is 0 Å². The molecule has 0 amide bonds. The predicted molar refractivity (Wildman–Crippen MR) is 279 cm³/mol. The molecule has 10 aromatic rings. The highest BCUT2D eigenvalue weighted by molar-refractivity contribution is 6.27. The minimum absolute atomic E-state index is 0.0662. The Kier molecular flexibility index (Phi) is 9.29. The van der Waals surface area contributed by atoms with E-state index in [1.54, 1.807) is 0 Å². The van der Waals surface area contributed by atoms with Gasteiger partial charge in [0.2, 0.25) is 0 Å². The van der Waals surface area contributed by atoms with Crippen molar-refractivity contribution >= 4 is 64.6 Å². The van der Waals surface area contributed by atoms with E-state index in [4.69, 9.17) is 18.9 Å². The number of hydrogen-bond donors (Lipinski definition) is 0. The molecule has 3 aliphatic rings. The summed E-state index contributed by atoms with van der Waals surface area (Å²) in [6.07, 6.45) is 2.20. The van der Waals surface area contributed by atoms with Crippen molar-refractivity contribution < 1.29 is 18.9 Å². The van der Waals surface area contributed by atoms with Crippen molar-refractivity contribution in [3.05, 3.63) is 156 Å². The largest absolute Gasteiger partial charge is 0.379 e. The van der Waals surface area contributed by atoms with Crippen molar-refractivity contribution in [3.8, 4) is 33.4 Å². The molecule has 2 unspecified atom stereocenters. The second-order valence-corrected chi connectivity index (χ2v) is 22.1. The van der Waals surface area contributed by atoms with Crippen LogP contribution in [0.15, 0.2) is 133 Å². The molecule has 0 bridgehead atoms. The summed E-state index contributed by atoms with van der Waals surface area (Å²) in [5.41, 5.74) is 12.7. The molecule has 13 rings (SSSR count). The van der Waals surface area contributed by atoms with Crippen LogP contribution in [0.1, 0.15) is 76.6 Å². The zero-order valence-corrected chi connectivity index (χ0v) is 39.6. The molecule has 0 saturated carbocycles. The highest BCUT2D eigenvalue weighted by Crippen LogP contribution is 2.55. The Bertz CT molecular complexity index is 3320. The third-order valence-electron chi connectivity index (χ3n) is 15.6. The van der Waals surface area contributed by atoms with Gasteiger partial charge in [-0.3, -0.25) is 0 Å². The SMILES string of the molecule is CC(C)(C)c1cc2ccc3ccc(-c4ccc5c(c4)C(CCCOCC4CO4)(COCC4CO4)c4cc(-c6ccc7ccc8cc(C(C)(C)C)cc9ccc6c7c89)ccc4-5)c4ccc(c1)c2c34. The molecule has 2 saturated heterocycles. The van der Waals surface area contributed by atoms with Gasteiger partial charge in [-0.05, 0) is 156 Å². The smallest absolute Gasteiger partial charge is 0.104 e. The summed E-state index contributed by atoms with van der Waals surface area (Å²) in [5, 5.41) is 15.8. The minimum Gasteiger partial charge on any atom is -0.379 e. The normalized spacial score (nSPS) is 17.8. The van der Waals surface area contributed by atoms with Crippen LogP contribution in [0.2, 0.25) is 0 Å². The molecule has 2 heterocycles. The lowest BCUT2D eigenvalue weighted by molar-refractivity contribution is 0.0714. The van der Waals surface area contributed by atoms with Crippen LogP contribution in [0.4, 0.5) is 0 Å². The van der Waals surface area contributed by atoms with Gasteiger partial charge in [0.25, 0.3) is 0 Å². The average Bonchev–Trinajstić information content (AvgIpc) is 4.28. The van der Waals surface area contributed by atoms with Gasteiger partial charge in [0, 0.05) is 12.0 Å². The highest BCUT2D eigenvalue weighted by atomic mass is 16.6. The van der Waals surface area contributed by atoms with Gasteiger partial charge >= 0.3 is 0 Å². The molecule has 2 fully saturated rings. The molecule has 67 heavy (non-hydrogen) atoms. The van der Waals surface area contributed by atoms with E-state index in [0.717, 1.165) is 26.1 Å². The van der Waals surface area contributed by atoms with Crippen LogP contribution in [0.5, 0.6) is 0 Å². The molecule has 334 valence electrons. The number of ether oxygens (including phenoxy) is 4. The van der Waals surface area contributed by atoms with Crippen molar-refractivity contribution in [3.63, 3.8) is 0 Å². The van der Waals surface area contributed by atoms with Crippen LogP contribution in [0, 0.1) is 0 Å². The Morgan fingerprint density at radius 2 is 0.866 bits per heavy atom. The number of fused-ring (bicyclic) bond motifs is 3. The quantitative estimate of drug-likeness (QED) is 0.0697. The van der Waals surface area contributed by atoms with E-state index in [9.17, 15) is 0 Å². The van der Waals surface area contributed by atoms with Crippen molar-refractivity contribution in [1.82, 2.24) is 0 Å². The summed E-state index contributed by atoms with van der Waals surface area (Å²) in [7, 11) is 0. The Labute approximate surface area is 393 Å². The molecule has 2 aliphatic heterocycles. The molecule has 10 aromatic carbocycles. The van der Waals surface area contributed by atoms with Crippen molar-refractivity contribution in [2.45, 2.75) is 82.8 Å². The van der Waals surface area contributed by atoms with E-state index in [1.807, 2.05) is 0 Å². The molecule has 4 nitrogen and oxygen atoms in total. The van der Waals surface area contributed by atoms with Gasteiger partial charge in [0.1, 0.15) is 12.2 Å². The lowest BCUT2D eigenvalue weighted by Crippen LogP contribution is -2.32.